The van der Waals surface area contributed by atoms with Crippen molar-refractivity contribution in [3.05, 3.63) is 35.9 Å². The maximum Gasteiger partial charge on any atom is 0.251 e. The zero-order valence-corrected chi connectivity index (χ0v) is 9.49. The fraction of sp³-hybridized carbons (Fsp3) is 0.333. The molecule has 4 heteroatoms. The minimum atomic E-state index is -0.626. The smallest absolute Gasteiger partial charge is 0.251 e. The van der Waals surface area contributed by atoms with Gasteiger partial charge in [0.15, 0.2) is 0 Å². The van der Waals surface area contributed by atoms with Gasteiger partial charge in [0.05, 0.1) is 0 Å². The number of benzene rings is 1. The Bertz CT molecular complexity index is 385. The van der Waals surface area contributed by atoms with Crippen LogP contribution in [0.1, 0.15) is 30.6 Å². The summed E-state index contributed by atoms with van der Waals surface area (Å²) in [4.78, 5) is 22.6. The van der Waals surface area contributed by atoms with Crippen LogP contribution in [-0.2, 0) is 4.79 Å². The number of carbonyl (C=O) groups is 2. The summed E-state index contributed by atoms with van der Waals surface area (Å²) in [5.41, 5.74) is 5.05. The summed E-state index contributed by atoms with van der Waals surface area (Å²) >= 11 is 0. The lowest BCUT2D eigenvalue weighted by atomic mass is 9.99. The number of nitrogens with two attached hydrogens (primary N) is 1. The fourth-order valence-corrected chi connectivity index (χ4v) is 1.45. The highest BCUT2D eigenvalue weighted by molar-refractivity contribution is 5.94. The van der Waals surface area contributed by atoms with Crippen molar-refractivity contribution in [2.45, 2.75) is 25.8 Å². The molecule has 0 heterocycles. The van der Waals surface area contributed by atoms with Gasteiger partial charge in [-0.05, 0) is 26.0 Å². The Kier molecular flexibility index (Phi) is 3.66. The van der Waals surface area contributed by atoms with E-state index in [2.05, 4.69) is 5.32 Å². The van der Waals surface area contributed by atoms with Gasteiger partial charge in [0.25, 0.3) is 5.91 Å². The zero-order chi connectivity index (χ0) is 12.2. The second-order valence-electron chi connectivity index (χ2n) is 4.35. The van der Waals surface area contributed by atoms with Gasteiger partial charge in [0.2, 0.25) is 5.91 Å². The molecule has 0 radical (unpaired) electrons. The standard InChI is InChI=1S/C12H16N2O2/c1-12(2,8-10(13)15)14-11(16)9-6-4-3-5-7-9/h3-7H,8H2,1-2H3,(H2,13,15)(H,14,16). The first-order valence-electron chi connectivity index (χ1n) is 5.06. The summed E-state index contributed by atoms with van der Waals surface area (Å²) in [6.45, 7) is 3.52. The van der Waals surface area contributed by atoms with Crippen molar-refractivity contribution < 1.29 is 9.59 Å². The molecule has 0 bridgehead atoms. The summed E-state index contributed by atoms with van der Waals surface area (Å²) < 4.78 is 0. The third-order valence-corrected chi connectivity index (χ3v) is 2.10. The highest BCUT2D eigenvalue weighted by Gasteiger charge is 2.23. The molecular weight excluding hydrogens is 204 g/mol. The van der Waals surface area contributed by atoms with Crippen molar-refractivity contribution in [2.24, 2.45) is 5.73 Å². The van der Waals surface area contributed by atoms with Crippen LogP contribution >= 0.6 is 0 Å². The van der Waals surface area contributed by atoms with Crippen molar-refractivity contribution in [1.82, 2.24) is 5.32 Å². The molecule has 0 aliphatic heterocycles. The van der Waals surface area contributed by atoms with Crippen LogP contribution in [0.4, 0.5) is 0 Å². The minimum absolute atomic E-state index is 0.117. The van der Waals surface area contributed by atoms with Gasteiger partial charge in [-0.25, -0.2) is 0 Å². The van der Waals surface area contributed by atoms with Gasteiger partial charge >= 0.3 is 0 Å². The van der Waals surface area contributed by atoms with Gasteiger partial charge in [0, 0.05) is 17.5 Å². The first kappa shape index (κ1) is 12.2. The van der Waals surface area contributed by atoms with Crippen molar-refractivity contribution >= 4 is 11.8 Å². The maximum absolute atomic E-state index is 11.8. The van der Waals surface area contributed by atoms with E-state index in [0.717, 1.165) is 0 Å². The Morgan fingerprint density at radius 1 is 1.25 bits per heavy atom. The predicted octanol–water partition coefficient (Wildman–Crippen LogP) is 1.07. The van der Waals surface area contributed by atoms with Gasteiger partial charge in [-0.3, -0.25) is 9.59 Å². The highest BCUT2D eigenvalue weighted by Crippen LogP contribution is 2.09. The molecule has 0 atom stereocenters. The van der Waals surface area contributed by atoms with E-state index in [1.54, 1.807) is 38.1 Å². The molecule has 1 rings (SSSR count). The maximum atomic E-state index is 11.8. The van der Waals surface area contributed by atoms with Crippen LogP contribution in [0, 0.1) is 0 Å². The average molecular weight is 220 g/mol. The van der Waals surface area contributed by atoms with Gasteiger partial charge in [-0.15, -0.1) is 0 Å². The van der Waals surface area contributed by atoms with Crippen LogP contribution in [0.3, 0.4) is 0 Å². The second-order valence-corrected chi connectivity index (χ2v) is 4.35. The van der Waals surface area contributed by atoms with Crippen molar-refractivity contribution in [3.8, 4) is 0 Å². The first-order chi connectivity index (χ1) is 7.41. The summed E-state index contributed by atoms with van der Waals surface area (Å²) in [6.07, 6.45) is 0.117. The molecule has 86 valence electrons. The van der Waals surface area contributed by atoms with Crippen LogP contribution in [0.25, 0.3) is 0 Å². The van der Waals surface area contributed by atoms with Crippen molar-refractivity contribution in [2.75, 3.05) is 0 Å². The number of nitrogens with one attached hydrogen (secondary N) is 1. The SMILES string of the molecule is CC(C)(CC(N)=O)NC(=O)c1ccccc1. The molecule has 0 unspecified atom stereocenters. The zero-order valence-electron chi connectivity index (χ0n) is 9.49. The molecule has 0 aromatic heterocycles. The molecule has 0 spiro atoms. The number of primary amides is 1. The lowest BCUT2D eigenvalue weighted by Gasteiger charge is -2.24. The molecular formula is C12H16N2O2. The summed E-state index contributed by atoms with van der Waals surface area (Å²) in [5.74, 6) is -0.634. The molecule has 1 aromatic rings. The van der Waals surface area contributed by atoms with E-state index >= 15 is 0 Å². The summed E-state index contributed by atoms with van der Waals surface area (Å²) in [5, 5.41) is 2.76. The van der Waals surface area contributed by atoms with Gasteiger partial charge in [-0.2, -0.15) is 0 Å². The number of amides is 2. The third kappa shape index (κ3) is 3.73. The monoisotopic (exact) mass is 220 g/mol. The Morgan fingerprint density at radius 2 is 1.81 bits per heavy atom. The van der Waals surface area contributed by atoms with E-state index in [0.29, 0.717) is 5.56 Å². The topological polar surface area (TPSA) is 72.2 Å². The molecule has 4 nitrogen and oxygen atoms in total. The molecule has 3 N–H and O–H groups in total. The number of hydrogen-bond acceptors (Lipinski definition) is 2. The van der Waals surface area contributed by atoms with E-state index in [1.165, 1.54) is 0 Å². The van der Waals surface area contributed by atoms with Crippen molar-refractivity contribution in [1.29, 1.82) is 0 Å². The van der Waals surface area contributed by atoms with E-state index in [-0.39, 0.29) is 12.3 Å². The van der Waals surface area contributed by atoms with Gasteiger partial charge in [-0.1, -0.05) is 18.2 Å². The molecule has 0 saturated carbocycles. The molecule has 0 aliphatic carbocycles. The van der Waals surface area contributed by atoms with Crippen molar-refractivity contribution in [3.63, 3.8) is 0 Å². The molecule has 1 aromatic carbocycles. The summed E-state index contributed by atoms with van der Waals surface area (Å²) in [7, 11) is 0. The Balaban J connectivity index is 2.68. The number of carbonyl (C=O) groups excluding carboxylic acids is 2. The molecule has 0 saturated heterocycles. The molecule has 0 fully saturated rings. The third-order valence-electron chi connectivity index (χ3n) is 2.10. The van der Waals surface area contributed by atoms with Crippen LogP contribution in [-0.4, -0.2) is 17.4 Å². The molecule has 2 amide bonds. The Labute approximate surface area is 94.8 Å². The lowest BCUT2D eigenvalue weighted by Crippen LogP contribution is -2.46. The normalized spacial score (nSPS) is 10.9. The lowest BCUT2D eigenvalue weighted by molar-refractivity contribution is -0.119. The molecule has 16 heavy (non-hydrogen) atoms. The number of hydrogen-bond donors (Lipinski definition) is 2. The fourth-order valence-electron chi connectivity index (χ4n) is 1.45. The highest BCUT2D eigenvalue weighted by atomic mass is 16.2. The van der Waals surface area contributed by atoms with Gasteiger partial charge in [0.1, 0.15) is 0 Å². The summed E-state index contributed by atoms with van der Waals surface area (Å²) in [6, 6.07) is 8.85. The Morgan fingerprint density at radius 3 is 2.31 bits per heavy atom. The van der Waals surface area contributed by atoms with Crippen LogP contribution in [0.2, 0.25) is 0 Å². The predicted molar refractivity (Wildman–Crippen MR) is 61.8 cm³/mol. The largest absolute Gasteiger partial charge is 0.370 e. The van der Waals surface area contributed by atoms with E-state index < -0.39 is 11.4 Å². The first-order valence-corrected chi connectivity index (χ1v) is 5.06. The minimum Gasteiger partial charge on any atom is -0.370 e. The number of rotatable bonds is 4. The van der Waals surface area contributed by atoms with E-state index in [9.17, 15) is 9.59 Å². The van der Waals surface area contributed by atoms with E-state index in [4.69, 9.17) is 5.73 Å². The van der Waals surface area contributed by atoms with Crippen LogP contribution in [0.15, 0.2) is 30.3 Å². The quantitative estimate of drug-likeness (QED) is 0.796. The van der Waals surface area contributed by atoms with Crippen LogP contribution < -0.4 is 11.1 Å². The Hall–Kier alpha value is -1.84. The van der Waals surface area contributed by atoms with Crippen LogP contribution in [0.5, 0.6) is 0 Å². The average Bonchev–Trinajstić information content (AvgIpc) is 2.16. The molecule has 0 aliphatic rings. The van der Waals surface area contributed by atoms with Gasteiger partial charge < -0.3 is 11.1 Å². The second kappa shape index (κ2) is 4.79. The van der Waals surface area contributed by atoms with E-state index in [1.807, 2.05) is 6.07 Å².